The number of hydrogen-bond acceptors (Lipinski definition) is 0. The minimum atomic E-state index is -0.454. The van der Waals surface area contributed by atoms with E-state index in [1.807, 2.05) is 0 Å². The van der Waals surface area contributed by atoms with Gasteiger partial charge in [-0.2, -0.15) is 0 Å². The highest BCUT2D eigenvalue weighted by Crippen LogP contribution is 2.33. The lowest BCUT2D eigenvalue weighted by Crippen LogP contribution is -2.12. The monoisotopic (exact) mass is 178 g/mol. The van der Waals surface area contributed by atoms with Crippen molar-refractivity contribution >= 4 is 23.2 Å². The number of rotatable bonds is 0. The van der Waals surface area contributed by atoms with Gasteiger partial charge in [0.05, 0.1) is 0 Å². The molecule has 0 atom stereocenters. The first kappa shape index (κ1) is 8.42. The maximum atomic E-state index is 5.98. The van der Waals surface area contributed by atoms with Crippen molar-refractivity contribution in [2.45, 2.75) is 36.4 Å². The first-order valence-electron chi connectivity index (χ1n) is 3.73. The standard InChI is InChI=1S/C8H12Cl2/c9-8(10)6-4-2-1-3-5-7-8/h1-2H,3-7H2/b2-1-. The van der Waals surface area contributed by atoms with Crippen molar-refractivity contribution in [3.8, 4) is 0 Å². The fourth-order valence-electron chi connectivity index (χ4n) is 1.13. The predicted octanol–water partition coefficient (Wildman–Crippen LogP) is 3.68. The number of alkyl halides is 2. The summed E-state index contributed by atoms with van der Waals surface area (Å²) in [5.74, 6) is 0. The first-order chi connectivity index (χ1) is 4.71. The first-order valence-corrected chi connectivity index (χ1v) is 4.49. The molecule has 2 heteroatoms. The molecule has 1 aliphatic carbocycles. The van der Waals surface area contributed by atoms with Gasteiger partial charge in [-0.15, -0.1) is 23.2 Å². The molecule has 1 rings (SSSR count). The molecule has 0 aromatic carbocycles. The van der Waals surface area contributed by atoms with Gasteiger partial charge in [0.1, 0.15) is 4.33 Å². The topological polar surface area (TPSA) is 0 Å². The Morgan fingerprint density at radius 2 is 1.70 bits per heavy atom. The lowest BCUT2D eigenvalue weighted by atomic mass is 10.1. The van der Waals surface area contributed by atoms with E-state index in [0.717, 1.165) is 32.1 Å². The molecule has 0 radical (unpaired) electrons. The van der Waals surface area contributed by atoms with Crippen LogP contribution in [0.4, 0.5) is 0 Å². The Hall–Kier alpha value is 0.320. The third kappa shape index (κ3) is 2.94. The molecule has 58 valence electrons. The van der Waals surface area contributed by atoms with E-state index in [1.165, 1.54) is 0 Å². The van der Waals surface area contributed by atoms with Gasteiger partial charge in [-0.25, -0.2) is 0 Å². The summed E-state index contributed by atoms with van der Waals surface area (Å²) in [6.45, 7) is 0. The quantitative estimate of drug-likeness (QED) is 0.393. The zero-order valence-electron chi connectivity index (χ0n) is 5.95. The molecule has 10 heavy (non-hydrogen) atoms. The van der Waals surface area contributed by atoms with Crippen molar-refractivity contribution in [2.75, 3.05) is 0 Å². The Labute approximate surface area is 72.2 Å². The molecular formula is C8H12Cl2. The summed E-state index contributed by atoms with van der Waals surface area (Å²) in [5.41, 5.74) is 0. The van der Waals surface area contributed by atoms with E-state index in [2.05, 4.69) is 12.2 Å². The third-order valence-corrected chi connectivity index (χ3v) is 2.51. The van der Waals surface area contributed by atoms with E-state index < -0.39 is 4.33 Å². The van der Waals surface area contributed by atoms with Crippen LogP contribution < -0.4 is 0 Å². The van der Waals surface area contributed by atoms with Gasteiger partial charge in [0.15, 0.2) is 0 Å². The van der Waals surface area contributed by atoms with Gasteiger partial charge in [0.2, 0.25) is 0 Å². The molecule has 0 nitrogen and oxygen atoms in total. The Kier molecular flexibility index (Phi) is 3.06. The van der Waals surface area contributed by atoms with Crippen LogP contribution in [0.3, 0.4) is 0 Å². The Bertz CT molecular complexity index is 127. The summed E-state index contributed by atoms with van der Waals surface area (Å²) in [6, 6.07) is 0. The van der Waals surface area contributed by atoms with Crippen molar-refractivity contribution < 1.29 is 0 Å². The lowest BCUT2D eigenvalue weighted by molar-refractivity contribution is 0.601. The molecule has 0 heterocycles. The third-order valence-electron chi connectivity index (χ3n) is 1.76. The molecule has 0 N–H and O–H groups in total. The summed E-state index contributed by atoms with van der Waals surface area (Å²) >= 11 is 12.0. The number of allylic oxidation sites excluding steroid dienone is 2. The summed E-state index contributed by atoms with van der Waals surface area (Å²) in [5, 5.41) is 0. The molecule has 0 aliphatic heterocycles. The SMILES string of the molecule is ClC1(Cl)CC/C=C\CCC1. The van der Waals surface area contributed by atoms with E-state index in [0.29, 0.717) is 0 Å². The van der Waals surface area contributed by atoms with Crippen LogP contribution >= 0.6 is 23.2 Å². The minimum Gasteiger partial charge on any atom is -0.102 e. The number of halogens is 2. The van der Waals surface area contributed by atoms with Crippen molar-refractivity contribution in [3.63, 3.8) is 0 Å². The lowest BCUT2D eigenvalue weighted by Gasteiger charge is -2.19. The molecule has 1 aliphatic rings. The van der Waals surface area contributed by atoms with E-state index >= 15 is 0 Å². The Balaban J connectivity index is 2.43. The molecule has 0 bridgehead atoms. The van der Waals surface area contributed by atoms with Crippen molar-refractivity contribution in [1.82, 2.24) is 0 Å². The van der Waals surface area contributed by atoms with Crippen LogP contribution in [0.15, 0.2) is 12.2 Å². The zero-order chi connectivity index (χ0) is 7.45. The predicted molar refractivity (Wildman–Crippen MR) is 46.7 cm³/mol. The molecule has 0 saturated heterocycles. The number of hydrogen-bond donors (Lipinski definition) is 0. The zero-order valence-corrected chi connectivity index (χ0v) is 7.46. The van der Waals surface area contributed by atoms with E-state index in [9.17, 15) is 0 Å². The second-order valence-electron chi connectivity index (χ2n) is 2.76. The minimum absolute atomic E-state index is 0.454. The molecule has 0 fully saturated rings. The van der Waals surface area contributed by atoms with E-state index in [4.69, 9.17) is 23.2 Å². The molecular weight excluding hydrogens is 167 g/mol. The maximum Gasteiger partial charge on any atom is 0.118 e. The van der Waals surface area contributed by atoms with Gasteiger partial charge in [0.25, 0.3) is 0 Å². The second kappa shape index (κ2) is 3.64. The highest BCUT2D eigenvalue weighted by molar-refractivity contribution is 6.48. The smallest absolute Gasteiger partial charge is 0.102 e. The van der Waals surface area contributed by atoms with Crippen LogP contribution in [0.5, 0.6) is 0 Å². The second-order valence-corrected chi connectivity index (χ2v) is 4.40. The summed E-state index contributed by atoms with van der Waals surface area (Å²) < 4.78 is -0.454. The Morgan fingerprint density at radius 3 is 2.50 bits per heavy atom. The van der Waals surface area contributed by atoms with Crippen LogP contribution in [0.2, 0.25) is 0 Å². The van der Waals surface area contributed by atoms with Crippen molar-refractivity contribution in [3.05, 3.63) is 12.2 Å². The summed E-state index contributed by atoms with van der Waals surface area (Å²) in [4.78, 5) is 0. The summed E-state index contributed by atoms with van der Waals surface area (Å²) in [6.07, 6.45) is 9.46. The van der Waals surface area contributed by atoms with E-state index in [1.54, 1.807) is 0 Å². The highest BCUT2D eigenvalue weighted by atomic mass is 35.5. The van der Waals surface area contributed by atoms with Crippen LogP contribution in [0, 0.1) is 0 Å². The average molecular weight is 179 g/mol. The van der Waals surface area contributed by atoms with Crippen molar-refractivity contribution in [1.29, 1.82) is 0 Å². The molecule has 0 spiro atoms. The summed E-state index contributed by atoms with van der Waals surface area (Å²) in [7, 11) is 0. The van der Waals surface area contributed by atoms with Gasteiger partial charge >= 0.3 is 0 Å². The molecule has 0 aromatic heterocycles. The molecule has 0 saturated carbocycles. The van der Waals surface area contributed by atoms with Crippen LogP contribution in [-0.2, 0) is 0 Å². The largest absolute Gasteiger partial charge is 0.118 e. The van der Waals surface area contributed by atoms with Crippen molar-refractivity contribution in [2.24, 2.45) is 0 Å². The highest BCUT2D eigenvalue weighted by Gasteiger charge is 2.22. The van der Waals surface area contributed by atoms with E-state index in [-0.39, 0.29) is 0 Å². The van der Waals surface area contributed by atoms with Gasteiger partial charge in [-0.05, 0) is 32.1 Å². The van der Waals surface area contributed by atoms with Gasteiger partial charge < -0.3 is 0 Å². The molecule has 0 amide bonds. The average Bonchev–Trinajstić information content (AvgIpc) is 1.81. The van der Waals surface area contributed by atoms with Crippen LogP contribution in [0.1, 0.15) is 32.1 Å². The normalized spacial score (nSPS) is 28.6. The Morgan fingerprint density at radius 1 is 1.00 bits per heavy atom. The van der Waals surface area contributed by atoms with Gasteiger partial charge in [-0.1, -0.05) is 12.2 Å². The molecule has 0 aromatic rings. The van der Waals surface area contributed by atoms with Crippen LogP contribution in [-0.4, -0.2) is 4.33 Å². The maximum absolute atomic E-state index is 5.98. The molecule has 0 unspecified atom stereocenters. The van der Waals surface area contributed by atoms with Crippen LogP contribution in [0.25, 0.3) is 0 Å². The fraction of sp³-hybridized carbons (Fsp3) is 0.750. The fourth-order valence-corrected chi connectivity index (χ4v) is 1.62. The van der Waals surface area contributed by atoms with Gasteiger partial charge in [0, 0.05) is 0 Å². The van der Waals surface area contributed by atoms with Gasteiger partial charge in [-0.3, -0.25) is 0 Å².